The Hall–Kier alpha value is -2.59. The quantitative estimate of drug-likeness (QED) is 0.464. The number of hydrogen-bond donors (Lipinski definition) is 0. The molecule has 2 nitrogen and oxygen atoms in total. The van der Waals surface area contributed by atoms with Gasteiger partial charge in [-0.15, -0.1) is 0 Å². The first kappa shape index (κ1) is 19.2. The second-order valence-electron chi connectivity index (χ2n) is 6.53. The van der Waals surface area contributed by atoms with Crippen LogP contribution in [-0.4, -0.2) is 10.8 Å². The molecule has 0 saturated carbocycles. The van der Waals surface area contributed by atoms with Crippen LogP contribution >= 0.6 is 15.9 Å². The Morgan fingerprint density at radius 3 is 2.44 bits per heavy atom. The van der Waals surface area contributed by atoms with E-state index >= 15 is 0 Å². The molecule has 0 amide bonds. The van der Waals surface area contributed by atoms with E-state index in [-0.39, 0.29) is 12.2 Å². The average molecular weight is 424 g/mol. The number of carbonyl (C=O) groups is 1. The van der Waals surface area contributed by atoms with Gasteiger partial charge in [0.05, 0.1) is 6.20 Å². The summed E-state index contributed by atoms with van der Waals surface area (Å²) in [5.41, 5.74) is 5.62. The second kappa shape index (κ2) is 7.97. The summed E-state index contributed by atoms with van der Waals surface area (Å²) in [5, 5.41) is 0. The third-order valence-electron chi connectivity index (χ3n) is 4.63. The van der Waals surface area contributed by atoms with Crippen LogP contribution in [0.5, 0.6) is 0 Å². The van der Waals surface area contributed by atoms with Crippen LogP contribution in [0.1, 0.15) is 38.2 Å². The van der Waals surface area contributed by atoms with Crippen molar-refractivity contribution in [2.45, 2.75) is 20.3 Å². The number of benzene rings is 2. The summed E-state index contributed by atoms with van der Waals surface area (Å²) < 4.78 is 14.7. The number of hydrogen-bond acceptors (Lipinski definition) is 2. The van der Waals surface area contributed by atoms with E-state index in [1.165, 1.54) is 6.20 Å². The van der Waals surface area contributed by atoms with Crippen molar-refractivity contribution in [3.63, 3.8) is 0 Å². The van der Waals surface area contributed by atoms with Crippen molar-refractivity contribution in [2.75, 3.05) is 0 Å². The number of pyridine rings is 1. The van der Waals surface area contributed by atoms with Gasteiger partial charge in [-0.25, -0.2) is 4.39 Å². The Bertz CT molecular complexity index is 1030. The van der Waals surface area contributed by atoms with Crippen LogP contribution in [0.25, 0.3) is 5.57 Å². The predicted octanol–water partition coefficient (Wildman–Crippen LogP) is 6.09. The van der Waals surface area contributed by atoms with E-state index < -0.39 is 5.82 Å². The molecular weight excluding hydrogens is 405 g/mol. The van der Waals surface area contributed by atoms with Crippen molar-refractivity contribution in [1.29, 1.82) is 0 Å². The maximum Gasteiger partial charge on any atom is 0.169 e. The number of aryl methyl sites for hydroxylation is 1. The highest BCUT2D eigenvalue weighted by Crippen LogP contribution is 2.27. The highest BCUT2D eigenvalue weighted by molar-refractivity contribution is 9.10. The molecule has 27 heavy (non-hydrogen) atoms. The Morgan fingerprint density at radius 1 is 1.07 bits per heavy atom. The van der Waals surface area contributed by atoms with Gasteiger partial charge in [0.1, 0.15) is 5.82 Å². The predicted molar refractivity (Wildman–Crippen MR) is 110 cm³/mol. The van der Waals surface area contributed by atoms with Crippen LogP contribution in [0.3, 0.4) is 0 Å². The molecule has 1 aromatic heterocycles. The number of rotatable bonds is 5. The number of nitrogens with zero attached hydrogens (tertiary/aromatic N) is 1. The van der Waals surface area contributed by atoms with Gasteiger partial charge in [0.15, 0.2) is 5.78 Å². The molecule has 0 fully saturated rings. The minimum Gasteiger partial charge on any atom is -0.294 e. The van der Waals surface area contributed by atoms with E-state index in [0.29, 0.717) is 11.1 Å². The number of aromatic nitrogens is 1. The molecule has 3 aromatic rings. The van der Waals surface area contributed by atoms with Crippen LogP contribution in [0.15, 0.2) is 65.9 Å². The van der Waals surface area contributed by atoms with E-state index in [1.54, 1.807) is 6.92 Å². The molecular formula is C23H19BrFNO. The zero-order valence-electron chi connectivity index (χ0n) is 15.2. The molecule has 0 radical (unpaired) electrons. The zero-order valence-corrected chi connectivity index (χ0v) is 16.8. The third-order valence-corrected chi connectivity index (χ3v) is 5.16. The minimum absolute atomic E-state index is 0.140. The van der Waals surface area contributed by atoms with E-state index in [9.17, 15) is 9.18 Å². The van der Waals surface area contributed by atoms with E-state index in [4.69, 9.17) is 0 Å². The highest BCUT2D eigenvalue weighted by atomic mass is 79.9. The summed E-state index contributed by atoms with van der Waals surface area (Å²) in [4.78, 5) is 16.3. The van der Waals surface area contributed by atoms with Crippen molar-refractivity contribution < 1.29 is 9.18 Å². The SMILES string of the molecule is C=C(c1ccc(Br)cc1)c1ccc(CC(=O)c2cncc(F)c2C)cc1C. The smallest absolute Gasteiger partial charge is 0.169 e. The molecule has 0 unspecified atom stereocenters. The molecule has 0 aliphatic heterocycles. The number of ketones is 1. The van der Waals surface area contributed by atoms with Crippen molar-refractivity contribution >= 4 is 27.3 Å². The van der Waals surface area contributed by atoms with Gasteiger partial charge in [0, 0.05) is 22.7 Å². The first-order valence-electron chi connectivity index (χ1n) is 8.55. The first-order chi connectivity index (χ1) is 12.9. The minimum atomic E-state index is -0.460. The standard InChI is InChI=1S/C23H19BrFNO/c1-14-10-17(11-23(27)21-12-26-13-22(25)16(21)3)4-9-20(14)15(2)18-5-7-19(24)8-6-18/h4-10,12-13H,2,11H2,1,3H3. The Balaban J connectivity index is 1.82. The summed E-state index contributed by atoms with van der Waals surface area (Å²) in [6.45, 7) is 7.81. The fourth-order valence-corrected chi connectivity index (χ4v) is 3.31. The van der Waals surface area contributed by atoms with Gasteiger partial charge in [-0.1, -0.05) is 52.8 Å². The van der Waals surface area contributed by atoms with Crippen molar-refractivity contribution in [1.82, 2.24) is 4.98 Å². The van der Waals surface area contributed by atoms with Crippen LogP contribution < -0.4 is 0 Å². The molecule has 0 spiro atoms. The third kappa shape index (κ3) is 4.22. The van der Waals surface area contributed by atoms with E-state index in [0.717, 1.165) is 38.5 Å². The average Bonchev–Trinajstić information content (AvgIpc) is 2.64. The van der Waals surface area contributed by atoms with E-state index in [1.807, 2.05) is 49.4 Å². The van der Waals surface area contributed by atoms with Crippen LogP contribution in [0.2, 0.25) is 0 Å². The Kier molecular flexibility index (Phi) is 5.66. The monoisotopic (exact) mass is 423 g/mol. The van der Waals surface area contributed by atoms with Crippen LogP contribution in [0, 0.1) is 19.7 Å². The van der Waals surface area contributed by atoms with Gasteiger partial charge >= 0.3 is 0 Å². The lowest BCUT2D eigenvalue weighted by Crippen LogP contribution is -2.08. The lowest BCUT2D eigenvalue weighted by molar-refractivity contribution is 0.0991. The maximum atomic E-state index is 13.6. The van der Waals surface area contributed by atoms with Crippen molar-refractivity contribution in [3.8, 4) is 0 Å². The summed E-state index contributed by atoms with van der Waals surface area (Å²) >= 11 is 3.44. The zero-order chi connectivity index (χ0) is 19.6. The highest BCUT2D eigenvalue weighted by Gasteiger charge is 2.14. The molecule has 3 rings (SSSR count). The Morgan fingerprint density at radius 2 is 1.78 bits per heavy atom. The second-order valence-corrected chi connectivity index (χ2v) is 7.44. The molecule has 4 heteroatoms. The summed E-state index contributed by atoms with van der Waals surface area (Å²) in [5.74, 6) is -0.600. The molecule has 0 bridgehead atoms. The normalized spacial score (nSPS) is 10.7. The first-order valence-corrected chi connectivity index (χ1v) is 9.34. The number of Topliss-reactive ketones (excluding diaryl/α,β-unsaturated/α-hetero) is 1. The topological polar surface area (TPSA) is 30.0 Å². The summed E-state index contributed by atoms with van der Waals surface area (Å²) in [6.07, 6.45) is 2.76. The van der Waals surface area contributed by atoms with Crippen LogP contribution in [-0.2, 0) is 6.42 Å². The molecule has 0 atom stereocenters. The van der Waals surface area contributed by atoms with Crippen molar-refractivity contribution in [2.24, 2.45) is 0 Å². The van der Waals surface area contributed by atoms with Gasteiger partial charge in [-0.05, 0) is 59.4 Å². The van der Waals surface area contributed by atoms with E-state index in [2.05, 4.69) is 27.5 Å². The van der Waals surface area contributed by atoms with Gasteiger partial charge in [0.25, 0.3) is 0 Å². The lowest BCUT2D eigenvalue weighted by atomic mass is 9.92. The molecule has 2 aromatic carbocycles. The summed E-state index contributed by atoms with van der Waals surface area (Å²) in [7, 11) is 0. The summed E-state index contributed by atoms with van der Waals surface area (Å²) in [6, 6.07) is 13.9. The molecule has 0 saturated heterocycles. The number of halogens is 2. The lowest BCUT2D eigenvalue weighted by Gasteiger charge is -2.12. The van der Waals surface area contributed by atoms with Gasteiger partial charge in [-0.2, -0.15) is 0 Å². The largest absolute Gasteiger partial charge is 0.294 e. The van der Waals surface area contributed by atoms with Gasteiger partial charge in [-0.3, -0.25) is 9.78 Å². The molecule has 0 N–H and O–H groups in total. The number of carbonyl (C=O) groups excluding carboxylic acids is 1. The molecule has 1 heterocycles. The fraction of sp³-hybridized carbons (Fsp3) is 0.130. The Labute approximate surface area is 166 Å². The van der Waals surface area contributed by atoms with Gasteiger partial charge < -0.3 is 0 Å². The maximum absolute atomic E-state index is 13.6. The van der Waals surface area contributed by atoms with Gasteiger partial charge in [0.2, 0.25) is 0 Å². The van der Waals surface area contributed by atoms with Crippen LogP contribution in [0.4, 0.5) is 4.39 Å². The fourth-order valence-electron chi connectivity index (χ4n) is 3.04. The molecule has 0 aliphatic rings. The molecule has 136 valence electrons. The van der Waals surface area contributed by atoms with Crippen molar-refractivity contribution in [3.05, 3.63) is 105 Å². The molecule has 0 aliphatic carbocycles.